The van der Waals surface area contributed by atoms with Crippen LogP contribution in [0.4, 0.5) is 10.5 Å². The van der Waals surface area contributed by atoms with Gasteiger partial charge in [0.2, 0.25) is 0 Å². The number of hydrogen-bond donors (Lipinski definition) is 3. The van der Waals surface area contributed by atoms with E-state index >= 15 is 0 Å². The maximum Gasteiger partial charge on any atom is 0.333 e. The highest BCUT2D eigenvalue weighted by molar-refractivity contribution is 7.90. The van der Waals surface area contributed by atoms with Gasteiger partial charge in [0.1, 0.15) is 5.75 Å². The fraction of sp³-hybridized carbons (Fsp3) is 0.316. The Labute approximate surface area is 152 Å². The lowest BCUT2D eigenvalue weighted by molar-refractivity contribution is 0.256. The zero-order valence-electron chi connectivity index (χ0n) is 14.2. The third-order valence-corrected chi connectivity index (χ3v) is 6.40. The maximum atomic E-state index is 12.4. The highest BCUT2D eigenvalue weighted by atomic mass is 32.2. The molecule has 6 nitrogen and oxygen atoms in total. The van der Waals surface area contributed by atoms with Crippen LogP contribution >= 0.6 is 0 Å². The lowest BCUT2D eigenvalue weighted by Crippen LogP contribution is -2.35. The van der Waals surface area contributed by atoms with Crippen LogP contribution in [0.2, 0.25) is 0 Å². The van der Waals surface area contributed by atoms with Crippen LogP contribution in [-0.2, 0) is 35.7 Å². The third-order valence-electron chi connectivity index (χ3n) is 5.07. The number of phenols is 1. The molecule has 26 heavy (non-hydrogen) atoms. The van der Waals surface area contributed by atoms with Crippen LogP contribution in [-0.4, -0.2) is 19.6 Å². The molecule has 2 aromatic rings. The van der Waals surface area contributed by atoms with E-state index in [0.29, 0.717) is 0 Å². The zero-order valence-corrected chi connectivity index (χ0v) is 15.0. The molecular weight excluding hydrogens is 352 g/mol. The number of rotatable bonds is 3. The molecule has 7 heteroatoms. The van der Waals surface area contributed by atoms with Gasteiger partial charge in [-0.1, -0.05) is 12.1 Å². The predicted octanol–water partition coefficient (Wildman–Crippen LogP) is 2.88. The van der Waals surface area contributed by atoms with Gasteiger partial charge in [-0.2, -0.15) is 0 Å². The minimum Gasteiger partial charge on any atom is -0.508 e. The Balaban J connectivity index is 1.60. The molecule has 3 N–H and O–H groups in total. The molecular formula is C19H20N2O4S. The topological polar surface area (TPSA) is 95.5 Å². The Morgan fingerprint density at radius 3 is 2.23 bits per heavy atom. The molecule has 2 amide bonds. The summed E-state index contributed by atoms with van der Waals surface area (Å²) in [6.45, 7) is 0. The van der Waals surface area contributed by atoms with Crippen molar-refractivity contribution in [2.45, 2.75) is 43.4 Å². The van der Waals surface area contributed by atoms with Crippen molar-refractivity contribution in [3.8, 4) is 5.75 Å². The molecule has 2 aliphatic carbocycles. The Bertz CT molecular complexity index is 967. The third kappa shape index (κ3) is 3.03. The molecule has 0 unspecified atom stereocenters. The quantitative estimate of drug-likeness (QED) is 0.772. The second-order valence-corrected chi connectivity index (χ2v) is 8.47. The fourth-order valence-electron chi connectivity index (χ4n) is 3.94. The van der Waals surface area contributed by atoms with Crippen molar-refractivity contribution in [3.63, 3.8) is 0 Å². The van der Waals surface area contributed by atoms with Gasteiger partial charge in [-0.3, -0.25) is 0 Å². The fourth-order valence-corrected chi connectivity index (χ4v) is 4.88. The van der Waals surface area contributed by atoms with Crippen molar-refractivity contribution in [1.82, 2.24) is 4.72 Å². The van der Waals surface area contributed by atoms with Gasteiger partial charge in [-0.15, -0.1) is 0 Å². The number of carbonyl (C=O) groups excluding carboxylic acids is 1. The number of sulfonamides is 1. The molecule has 0 aliphatic heterocycles. The summed E-state index contributed by atoms with van der Waals surface area (Å²) in [5.41, 5.74) is 5.58. The smallest absolute Gasteiger partial charge is 0.333 e. The normalized spacial score (nSPS) is 15.4. The van der Waals surface area contributed by atoms with Gasteiger partial charge < -0.3 is 10.4 Å². The van der Waals surface area contributed by atoms with E-state index < -0.39 is 16.1 Å². The van der Waals surface area contributed by atoms with Gasteiger partial charge in [0.05, 0.1) is 4.90 Å². The van der Waals surface area contributed by atoms with Crippen LogP contribution in [0.3, 0.4) is 0 Å². The first kappa shape index (κ1) is 16.9. The number of amides is 2. The summed E-state index contributed by atoms with van der Waals surface area (Å²) in [4.78, 5) is 12.3. The molecule has 0 heterocycles. The van der Waals surface area contributed by atoms with E-state index in [1.807, 2.05) is 4.72 Å². The highest BCUT2D eigenvalue weighted by Gasteiger charge is 2.26. The van der Waals surface area contributed by atoms with Gasteiger partial charge in [-0.05, 0) is 72.9 Å². The second-order valence-electron chi connectivity index (χ2n) is 6.79. The van der Waals surface area contributed by atoms with Gasteiger partial charge in [-0.25, -0.2) is 17.9 Å². The summed E-state index contributed by atoms with van der Waals surface area (Å²) < 4.78 is 26.8. The minimum atomic E-state index is -4.05. The summed E-state index contributed by atoms with van der Waals surface area (Å²) in [5.74, 6) is -0.174. The Hall–Kier alpha value is -2.54. The van der Waals surface area contributed by atoms with Gasteiger partial charge in [0.15, 0.2) is 0 Å². The molecule has 0 bridgehead atoms. The van der Waals surface area contributed by atoms with Gasteiger partial charge in [0, 0.05) is 11.8 Å². The van der Waals surface area contributed by atoms with Gasteiger partial charge in [0.25, 0.3) is 10.0 Å². The average molecular weight is 372 g/mol. The lowest BCUT2D eigenvalue weighted by atomic mass is 9.99. The van der Waals surface area contributed by atoms with E-state index in [1.165, 1.54) is 29.3 Å². The van der Waals surface area contributed by atoms with E-state index in [4.69, 9.17) is 0 Å². The van der Waals surface area contributed by atoms with Gasteiger partial charge >= 0.3 is 6.03 Å². The molecule has 2 aromatic carbocycles. The standard InChI is InChI=1S/C19H20N2O4S/c22-14-6-3-7-15(11-14)26(24,25)21-19(23)20-18-16-8-1-4-12(16)10-13-5-2-9-17(13)18/h3,6-7,10-11,22H,1-2,4-5,8-9H2,(H2,20,21,23). The summed E-state index contributed by atoms with van der Waals surface area (Å²) in [6.07, 6.45) is 5.91. The molecule has 0 saturated heterocycles. The number of aryl methyl sites for hydroxylation is 2. The first-order valence-electron chi connectivity index (χ1n) is 8.73. The van der Waals surface area contributed by atoms with E-state index in [1.54, 1.807) is 0 Å². The first-order chi connectivity index (χ1) is 12.4. The van der Waals surface area contributed by atoms with Crippen LogP contribution < -0.4 is 10.0 Å². The lowest BCUT2D eigenvalue weighted by Gasteiger charge is -2.16. The monoisotopic (exact) mass is 372 g/mol. The minimum absolute atomic E-state index is 0.156. The van der Waals surface area contributed by atoms with E-state index in [9.17, 15) is 18.3 Å². The summed E-state index contributed by atoms with van der Waals surface area (Å²) in [6, 6.07) is 6.69. The summed E-state index contributed by atoms with van der Waals surface area (Å²) in [5, 5.41) is 12.3. The van der Waals surface area contributed by atoms with Crippen molar-refractivity contribution in [2.24, 2.45) is 0 Å². The highest BCUT2D eigenvalue weighted by Crippen LogP contribution is 2.38. The first-order valence-corrected chi connectivity index (χ1v) is 10.2. The predicted molar refractivity (Wildman–Crippen MR) is 97.9 cm³/mol. The van der Waals surface area contributed by atoms with Crippen LogP contribution in [0, 0.1) is 0 Å². The zero-order chi connectivity index (χ0) is 18.3. The van der Waals surface area contributed by atoms with Crippen molar-refractivity contribution in [2.75, 3.05) is 5.32 Å². The molecule has 0 spiro atoms. The molecule has 2 aliphatic rings. The van der Waals surface area contributed by atoms with Crippen LogP contribution in [0.5, 0.6) is 5.75 Å². The average Bonchev–Trinajstić information content (AvgIpc) is 3.23. The number of anilines is 1. The van der Waals surface area contributed by atoms with E-state index in [2.05, 4.69) is 11.4 Å². The van der Waals surface area contributed by atoms with Crippen molar-refractivity contribution < 1.29 is 18.3 Å². The number of phenolic OH excluding ortho intramolecular Hbond substituents is 1. The van der Waals surface area contributed by atoms with Crippen LogP contribution in [0.15, 0.2) is 35.2 Å². The summed E-state index contributed by atoms with van der Waals surface area (Å²) in [7, 11) is -4.05. The molecule has 0 atom stereocenters. The van der Waals surface area contributed by atoms with E-state index in [-0.39, 0.29) is 10.6 Å². The van der Waals surface area contributed by atoms with Crippen LogP contribution in [0.1, 0.15) is 35.1 Å². The number of fused-ring (bicyclic) bond motifs is 2. The Kier molecular flexibility index (Phi) is 4.11. The number of carbonyl (C=O) groups is 1. The molecule has 4 rings (SSSR count). The molecule has 0 saturated carbocycles. The van der Waals surface area contributed by atoms with Crippen molar-refractivity contribution in [1.29, 1.82) is 0 Å². The Morgan fingerprint density at radius 2 is 1.62 bits per heavy atom. The molecule has 0 radical (unpaired) electrons. The molecule has 0 fully saturated rings. The van der Waals surface area contributed by atoms with Crippen LogP contribution in [0.25, 0.3) is 0 Å². The number of nitrogens with one attached hydrogen (secondary N) is 2. The maximum absolute atomic E-state index is 12.4. The van der Waals surface area contributed by atoms with Crippen molar-refractivity contribution in [3.05, 3.63) is 52.6 Å². The number of aromatic hydroxyl groups is 1. The summed E-state index contributed by atoms with van der Waals surface area (Å²) >= 11 is 0. The number of hydrogen-bond acceptors (Lipinski definition) is 4. The largest absolute Gasteiger partial charge is 0.508 e. The number of benzene rings is 2. The Morgan fingerprint density at radius 1 is 0.962 bits per heavy atom. The van der Waals surface area contributed by atoms with Crippen molar-refractivity contribution >= 4 is 21.7 Å². The molecule has 0 aromatic heterocycles. The SMILES string of the molecule is O=C(Nc1c2c(cc3c1CCC3)CCC2)NS(=O)(=O)c1cccc(O)c1. The number of urea groups is 1. The molecule has 136 valence electrons. The van der Waals surface area contributed by atoms with E-state index in [0.717, 1.165) is 61.4 Å². The second kappa shape index (κ2) is 6.32.